The smallest absolute Gasteiger partial charge is 0.356 e. The molecule has 7 nitrogen and oxygen atoms in total. The van der Waals surface area contributed by atoms with E-state index in [4.69, 9.17) is 0 Å². The second kappa shape index (κ2) is 11.0. The first-order valence-electron chi connectivity index (χ1n) is 12.8. The van der Waals surface area contributed by atoms with E-state index in [1.54, 1.807) is 6.20 Å². The molecule has 4 heterocycles. The van der Waals surface area contributed by atoms with Gasteiger partial charge in [-0.3, -0.25) is 19.7 Å². The van der Waals surface area contributed by atoms with Crippen molar-refractivity contribution in [2.75, 3.05) is 0 Å². The van der Waals surface area contributed by atoms with Crippen LogP contribution in [-0.4, -0.2) is 56.7 Å². The third-order valence-corrected chi connectivity index (χ3v) is 7.96. The highest BCUT2D eigenvalue weighted by molar-refractivity contribution is 5.94. The Morgan fingerprint density at radius 2 is 1.75 bits per heavy atom. The van der Waals surface area contributed by atoms with Crippen molar-refractivity contribution in [3.8, 4) is 11.3 Å². The number of pyridine rings is 1. The first kappa shape index (κ1) is 26.2. The summed E-state index contributed by atoms with van der Waals surface area (Å²) >= 11 is 0. The predicted molar refractivity (Wildman–Crippen MR) is 129 cm³/mol. The summed E-state index contributed by atoms with van der Waals surface area (Å²) in [5.41, 5.74) is 4.56. The first-order valence-corrected chi connectivity index (χ1v) is 12.8. The van der Waals surface area contributed by atoms with Gasteiger partial charge in [0.05, 0.1) is 11.6 Å². The quantitative estimate of drug-likeness (QED) is 0.566. The van der Waals surface area contributed by atoms with E-state index in [2.05, 4.69) is 25.4 Å². The maximum Gasteiger partial charge on any atom is 0.391 e. The van der Waals surface area contributed by atoms with E-state index in [9.17, 15) is 22.8 Å². The number of nitrogens with one attached hydrogen (secondary N) is 2. The number of nitrogens with zero attached hydrogens (tertiary/aromatic N) is 3. The Labute approximate surface area is 209 Å². The van der Waals surface area contributed by atoms with Gasteiger partial charge >= 0.3 is 6.18 Å². The van der Waals surface area contributed by atoms with Crippen molar-refractivity contribution in [2.24, 2.45) is 5.92 Å². The molecule has 0 radical (unpaired) electrons. The van der Waals surface area contributed by atoms with Gasteiger partial charge in [0.2, 0.25) is 6.41 Å². The van der Waals surface area contributed by atoms with Crippen LogP contribution in [0.15, 0.2) is 18.3 Å². The summed E-state index contributed by atoms with van der Waals surface area (Å²) in [6.07, 6.45) is 5.26. The molecule has 36 heavy (non-hydrogen) atoms. The van der Waals surface area contributed by atoms with Crippen LogP contribution >= 0.6 is 0 Å². The van der Waals surface area contributed by atoms with Gasteiger partial charge in [0.25, 0.3) is 5.91 Å². The summed E-state index contributed by atoms with van der Waals surface area (Å²) in [5.74, 6) is -1.06. The number of aryl methyl sites for hydroxylation is 1. The molecule has 196 valence electrons. The van der Waals surface area contributed by atoms with Crippen molar-refractivity contribution < 1.29 is 22.8 Å². The van der Waals surface area contributed by atoms with Gasteiger partial charge in [0, 0.05) is 35.6 Å². The number of amides is 2. The summed E-state index contributed by atoms with van der Waals surface area (Å²) in [5, 5.41) is 9.84. The standard InChI is InChI=1S/C18H22N4O.C8H12F3NO/c1-11-12(2)19-9-8-15(11)16-10-17(21-20-16)18(23)22-13-4-3-5-14(22)7-6-13;9-8(10,11)6-1-3-7(4-2-6)12-5-13/h8-10,13-14H,3-7H2,1-2H3,(H,20,21);5-7H,1-4H2,(H,12,13). The minimum Gasteiger partial charge on any atom is -0.356 e. The molecule has 1 aliphatic carbocycles. The van der Waals surface area contributed by atoms with E-state index in [1.807, 2.05) is 26.0 Å². The Morgan fingerprint density at radius 1 is 1.08 bits per heavy atom. The van der Waals surface area contributed by atoms with Gasteiger partial charge in [0.15, 0.2) is 0 Å². The van der Waals surface area contributed by atoms with Crippen LogP contribution in [0.4, 0.5) is 13.2 Å². The van der Waals surface area contributed by atoms with Crippen LogP contribution in [-0.2, 0) is 4.79 Å². The summed E-state index contributed by atoms with van der Waals surface area (Å²) in [6, 6.07) is 4.64. The lowest BCUT2D eigenvalue weighted by atomic mass is 9.86. The van der Waals surface area contributed by atoms with E-state index < -0.39 is 12.1 Å². The number of carbonyl (C=O) groups is 2. The maximum absolute atomic E-state index is 12.9. The Morgan fingerprint density at radius 3 is 2.36 bits per heavy atom. The van der Waals surface area contributed by atoms with E-state index in [1.165, 1.54) is 6.42 Å². The Balaban J connectivity index is 0.000000200. The highest BCUT2D eigenvalue weighted by Crippen LogP contribution is 2.38. The van der Waals surface area contributed by atoms with Crippen molar-refractivity contribution in [1.82, 2.24) is 25.4 Å². The van der Waals surface area contributed by atoms with Crippen LogP contribution in [0.1, 0.15) is 79.5 Å². The normalized spacial score (nSPS) is 25.6. The van der Waals surface area contributed by atoms with Crippen molar-refractivity contribution in [2.45, 2.75) is 95.9 Å². The third kappa shape index (κ3) is 5.73. The molecule has 3 aliphatic rings. The fraction of sp³-hybridized carbons (Fsp3) is 0.615. The summed E-state index contributed by atoms with van der Waals surface area (Å²) in [4.78, 5) is 29.3. The lowest BCUT2D eigenvalue weighted by Crippen LogP contribution is -2.44. The number of aromatic nitrogens is 3. The zero-order valence-corrected chi connectivity index (χ0v) is 20.8. The average Bonchev–Trinajstić information content (AvgIpc) is 3.43. The molecule has 2 aliphatic heterocycles. The second-order valence-corrected chi connectivity index (χ2v) is 10.1. The average molecular weight is 506 g/mol. The fourth-order valence-electron chi connectivity index (χ4n) is 5.76. The molecule has 3 fully saturated rings. The van der Waals surface area contributed by atoms with Gasteiger partial charge in [0.1, 0.15) is 5.69 Å². The number of carbonyl (C=O) groups excluding carboxylic acids is 2. The van der Waals surface area contributed by atoms with E-state index >= 15 is 0 Å². The molecule has 10 heteroatoms. The van der Waals surface area contributed by atoms with Gasteiger partial charge in [-0.25, -0.2) is 0 Å². The number of piperidine rings is 1. The molecule has 2 amide bonds. The Kier molecular flexibility index (Phi) is 8.00. The SMILES string of the molecule is Cc1nccc(-c2cc(C(=O)N3C4CCCC3CC4)[nH]n2)c1C.O=CNC1CCC(C(F)(F)F)CC1. The molecule has 1 saturated carbocycles. The van der Waals surface area contributed by atoms with Crippen LogP contribution < -0.4 is 5.32 Å². The van der Waals surface area contributed by atoms with E-state index in [0.29, 0.717) is 37.0 Å². The predicted octanol–water partition coefficient (Wildman–Crippen LogP) is 5.10. The second-order valence-electron chi connectivity index (χ2n) is 10.1. The van der Waals surface area contributed by atoms with Gasteiger partial charge < -0.3 is 10.2 Å². The largest absolute Gasteiger partial charge is 0.391 e. The third-order valence-electron chi connectivity index (χ3n) is 7.96. The molecule has 2 bridgehead atoms. The zero-order valence-electron chi connectivity index (χ0n) is 20.8. The lowest BCUT2D eigenvalue weighted by molar-refractivity contribution is -0.182. The molecule has 5 rings (SSSR count). The van der Waals surface area contributed by atoms with Crippen LogP contribution in [0.2, 0.25) is 0 Å². The molecule has 2 unspecified atom stereocenters. The number of aromatic amines is 1. The number of halogens is 3. The molecular formula is C26H34F3N5O2. The van der Waals surface area contributed by atoms with Gasteiger partial charge in [-0.1, -0.05) is 0 Å². The van der Waals surface area contributed by atoms with Crippen LogP contribution in [0.25, 0.3) is 11.3 Å². The van der Waals surface area contributed by atoms with Crippen LogP contribution in [0.3, 0.4) is 0 Å². The number of hydrogen-bond acceptors (Lipinski definition) is 4. The van der Waals surface area contributed by atoms with Gasteiger partial charge in [-0.05, 0) is 89.3 Å². The molecule has 2 aromatic heterocycles. The minimum absolute atomic E-state index is 0.0592. The number of hydrogen-bond donors (Lipinski definition) is 2. The van der Waals surface area contributed by atoms with Crippen molar-refractivity contribution >= 4 is 12.3 Å². The van der Waals surface area contributed by atoms with E-state index in [0.717, 1.165) is 48.2 Å². The molecule has 2 atom stereocenters. The highest BCUT2D eigenvalue weighted by Gasteiger charge is 2.41. The molecule has 2 aromatic rings. The van der Waals surface area contributed by atoms with Crippen molar-refractivity contribution in [3.05, 3.63) is 35.3 Å². The van der Waals surface area contributed by atoms with Crippen LogP contribution in [0.5, 0.6) is 0 Å². The van der Waals surface area contributed by atoms with Crippen LogP contribution in [0, 0.1) is 19.8 Å². The fourth-order valence-corrected chi connectivity index (χ4v) is 5.76. The molecular weight excluding hydrogens is 471 g/mol. The molecule has 2 saturated heterocycles. The Hall–Kier alpha value is -2.91. The lowest BCUT2D eigenvalue weighted by Gasteiger charge is -2.34. The topological polar surface area (TPSA) is 91.0 Å². The van der Waals surface area contributed by atoms with Crippen molar-refractivity contribution in [3.63, 3.8) is 0 Å². The number of alkyl halides is 3. The summed E-state index contributed by atoms with van der Waals surface area (Å²) in [7, 11) is 0. The zero-order chi connectivity index (χ0) is 25.9. The minimum atomic E-state index is -4.06. The molecule has 0 aromatic carbocycles. The monoisotopic (exact) mass is 505 g/mol. The number of fused-ring (bicyclic) bond motifs is 2. The van der Waals surface area contributed by atoms with Crippen molar-refractivity contribution in [1.29, 1.82) is 0 Å². The van der Waals surface area contributed by atoms with Gasteiger partial charge in [-0.2, -0.15) is 18.3 Å². The van der Waals surface area contributed by atoms with Gasteiger partial charge in [-0.15, -0.1) is 0 Å². The highest BCUT2D eigenvalue weighted by atomic mass is 19.4. The first-order chi connectivity index (χ1) is 17.2. The molecule has 0 spiro atoms. The maximum atomic E-state index is 12.9. The summed E-state index contributed by atoms with van der Waals surface area (Å²) in [6.45, 7) is 4.03. The molecule has 2 N–H and O–H groups in total. The summed E-state index contributed by atoms with van der Waals surface area (Å²) < 4.78 is 36.5. The number of rotatable bonds is 4. The Bertz CT molecular complexity index is 1050. The number of H-pyrrole nitrogens is 1. The van der Waals surface area contributed by atoms with E-state index in [-0.39, 0.29) is 24.8 Å².